The molecule has 0 fully saturated rings. The third-order valence-electron chi connectivity index (χ3n) is 3.03. The standard InChI is InChI=1S/C14H12F2N4/c15-11-4-3-5-12(16)10(11)8-17-9-14-19-18-13-6-1-2-7-20(13)14/h1-7,17H,8-9H2. The van der Waals surface area contributed by atoms with Gasteiger partial charge in [-0.2, -0.15) is 0 Å². The second-order valence-electron chi connectivity index (χ2n) is 4.35. The van der Waals surface area contributed by atoms with E-state index in [2.05, 4.69) is 15.5 Å². The van der Waals surface area contributed by atoms with Crippen molar-refractivity contribution < 1.29 is 8.78 Å². The second kappa shape index (κ2) is 5.34. The summed E-state index contributed by atoms with van der Waals surface area (Å²) in [4.78, 5) is 0. The first kappa shape index (κ1) is 12.7. The number of rotatable bonds is 4. The average Bonchev–Trinajstić information content (AvgIpc) is 2.86. The highest BCUT2D eigenvalue weighted by Gasteiger charge is 2.09. The predicted molar refractivity (Wildman–Crippen MR) is 69.9 cm³/mol. The predicted octanol–water partition coefficient (Wildman–Crippen LogP) is 2.30. The van der Waals surface area contributed by atoms with Crippen LogP contribution < -0.4 is 5.32 Å². The zero-order valence-corrected chi connectivity index (χ0v) is 10.6. The second-order valence-corrected chi connectivity index (χ2v) is 4.35. The van der Waals surface area contributed by atoms with Crippen molar-refractivity contribution in [2.45, 2.75) is 13.1 Å². The van der Waals surface area contributed by atoms with E-state index in [9.17, 15) is 8.78 Å². The van der Waals surface area contributed by atoms with Crippen LogP contribution in [0.1, 0.15) is 11.4 Å². The van der Waals surface area contributed by atoms with Gasteiger partial charge in [-0.1, -0.05) is 12.1 Å². The van der Waals surface area contributed by atoms with Crippen molar-refractivity contribution in [2.75, 3.05) is 0 Å². The maximum atomic E-state index is 13.5. The van der Waals surface area contributed by atoms with Gasteiger partial charge in [0.2, 0.25) is 0 Å². The average molecular weight is 274 g/mol. The van der Waals surface area contributed by atoms with Crippen LogP contribution in [-0.2, 0) is 13.1 Å². The SMILES string of the molecule is Fc1cccc(F)c1CNCc1nnc2ccccn12. The number of aromatic nitrogens is 3. The summed E-state index contributed by atoms with van der Waals surface area (Å²) in [5.41, 5.74) is 0.766. The summed E-state index contributed by atoms with van der Waals surface area (Å²) in [6.45, 7) is 0.471. The molecule has 0 bridgehead atoms. The smallest absolute Gasteiger partial charge is 0.160 e. The Morgan fingerprint density at radius 2 is 1.75 bits per heavy atom. The van der Waals surface area contributed by atoms with Gasteiger partial charge in [0, 0.05) is 18.3 Å². The van der Waals surface area contributed by atoms with Gasteiger partial charge >= 0.3 is 0 Å². The van der Waals surface area contributed by atoms with Gasteiger partial charge in [0.05, 0.1) is 6.54 Å². The van der Waals surface area contributed by atoms with E-state index in [4.69, 9.17) is 0 Å². The normalized spacial score (nSPS) is 11.1. The monoisotopic (exact) mass is 274 g/mol. The van der Waals surface area contributed by atoms with Crippen LogP contribution in [0.4, 0.5) is 8.78 Å². The van der Waals surface area contributed by atoms with Crippen molar-refractivity contribution in [3.63, 3.8) is 0 Å². The Labute approximate surface area is 114 Å². The summed E-state index contributed by atoms with van der Waals surface area (Å²) < 4.78 is 28.7. The number of benzene rings is 1. The molecule has 0 aliphatic carbocycles. The lowest BCUT2D eigenvalue weighted by molar-refractivity contribution is 0.531. The molecule has 2 heterocycles. The van der Waals surface area contributed by atoms with E-state index >= 15 is 0 Å². The Balaban J connectivity index is 1.71. The number of hydrogen-bond donors (Lipinski definition) is 1. The molecule has 0 unspecified atom stereocenters. The van der Waals surface area contributed by atoms with Crippen molar-refractivity contribution in [2.24, 2.45) is 0 Å². The molecular weight excluding hydrogens is 262 g/mol. The van der Waals surface area contributed by atoms with Crippen molar-refractivity contribution in [3.8, 4) is 0 Å². The Hall–Kier alpha value is -2.34. The molecule has 0 saturated carbocycles. The first-order valence-electron chi connectivity index (χ1n) is 6.18. The lowest BCUT2D eigenvalue weighted by Crippen LogP contribution is -2.16. The highest BCUT2D eigenvalue weighted by atomic mass is 19.1. The van der Waals surface area contributed by atoms with Crippen LogP contribution in [0.2, 0.25) is 0 Å². The molecule has 4 nitrogen and oxygen atoms in total. The quantitative estimate of drug-likeness (QED) is 0.793. The fourth-order valence-corrected chi connectivity index (χ4v) is 2.01. The van der Waals surface area contributed by atoms with E-state index in [0.717, 1.165) is 5.65 Å². The summed E-state index contributed by atoms with van der Waals surface area (Å²) >= 11 is 0. The molecule has 3 rings (SSSR count). The van der Waals surface area contributed by atoms with Crippen molar-refractivity contribution in [3.05, 3.63) is 65.6 Å². The number of nitrogens with one attached hydrogen (secondary N) is 1. The fourth-order valence-electron chi connectivity index (χ4n) is 2.01. The van der Waals surface area contributed by atoms with Crippen LogP contribution in [0.3, 0.4) is 0 Å². The van der Waals surface area contributed by atoms with E-state index in [1.807, 2.05) is 28.8 Å². The first-order valence-corrected chi connectivity index (χ1v) is 6.18. The van der Waals surface area contributed by atoms with E-state index < -0.39 is 11.6 Å². The molecule has 1 aromatic carbocycles. The van der Waals surface area contributed by atoms with E-state index in [0.29, 0.717) is 12.4 Å². The van der Waals surface area contributed by atoms with Gasteiger partial charge in [0.1, 0.15) is 11.6 Å². The lowest BCUT2D eigenvalue weighted by atomic mass is 10.2. The summed E-state index contributed by atoms with van der Waals surface area (Å²) in [6, 6.07) is 9.42. The minimum Gasteiger partial charge on any atom is -0.305 e. The Kier molecular flexibility index (Phi) is 3.39. The molecule has 2 aromatic heterocycles. The van der Waals surface area contributed by atoms with Crippen LogP contribution in [-0.4, -0.2) is 14.6 Å². The zero-order chi connectivity index (χ0) is 13.9. The number of pyridine rings is 1. The molecule has 20 heavy (non-hydrogen) atoms. The minimum atomic E-state index is -0.552. The van der Waals surface area contributed by atoms with Crippen molar-refractivity contribution in [1.82, 2.24) is 19.9 Å². The lowest BCUT2D eigenvalue weighted by Gasteiger charge is -2.06. The van der Waals surface area contributed by atoms with E-state index in [1.165, 1.54) is 18.2 Å². The zero-order valence-electron chi connectivity index (χ0n) is 10.6. The molecule has 0 saturated heterocycles. The highest BCUT2D eigenvalue weighted by Crippen LogP contribution is 2.11. The topological polar surface area (TPSA) is 42.2 Å². The van der Waals surface area contributed by atoms with Gasteiger partial charge in [-0.15, -0.1) is 10.2 Å². The van der Waals surface area contributed by atoms with Crippen LogP contribution in [0, 0.1) is 11.6 Å². The third kappa shape index (κ3) is 2.37. The largest absolute Gasteiger partial charge is 0.305 e. The molecule has 102 valence electrons. The van der Waals surface area contributed by atoms with Crippen LogP contribution in [0.25, 0.3) is 5.65 Å². The molecule has 1 N–H and O–H groups in total. The third-order valence-corrected chi connectivity index (χ3v) is 3.03. The molecule has 3 aromatic rings. The molecule has 0 radical (unpaired) electrons. The number of nitrogens with zero attached hydrogens (tertiary/aromatic N) is 3. The Morgan fingerprint density at radius 3 is 2.55 bits per heavy atom. The van der Waals surface area contributed by atoms with Gasteiger partial charge in [-0.25, -0.2) is 8.78 Å². The maximum absolute atomic E-state index is 13.5. The van der Waals surface area contributed by atoms with Crippen LogP contribution >= 0.6 is 0 Å². The summed E-state index contributed by atoms with van der Waals surface area (Å²) in [5.74, 6) is -0.412. The molecule has 0 aliphatic heterocycles. The Morgan fingerprint density at radius 1 is 0.950 bits per heavy atom. The Bertz CT molecular complexity index is 719. The van der Waals surface area contributed by atoms with Crippen LogP contribution in [0.15, 0.2) is 42.6 Å². The molecular formula is C14H12F2N4. The summed E-state index contributed by atoms with van der Waals surface area (Å²) in [5, 5.41) is 11.0. The van der Waals surface area contributed by atoms with Gasteiger partial charge in [0.25, 0.3) is 0 Å². The molecule has 6 heteroatoms. The molecule has 0 aliphatic rings. The highest BCUT2D eigenvalue weighted by molar-refractivity contribution is 5.36. The first-order chi connectivity index (χ1) is 9.75. The number of hydrogen-bond acceptors (Lipinski definition) is 3. The van der Waals surface area contributed by atoms with Gasteiger partial charge in [-0.05, 0) is 24.3 Å². The van der Waals surface area contributed by atoms with Gasteiger partial charge in [0.15, 0.2) is 11.5 Å². The van der Waals surface area contributed by atoms with E-state index in [1.54, 1.807) is 0 Å². The van der Waals surface area contributed by atoms with E-state index in [-0.39, 0.29) is 12.1 Å². The van der Waals surface area contributed by atoms with Crippen LogP contribution in [0.5, 0.6) is 0 Å². The van der Waals surface area contributed by atoms with Gasteiger partial charge in [-0.3, -0.25) is 4.40 Å². The molecule has 0 spiro atoms. The summed E-state index contributed by atoms with van der Waals surface area (Å²) in [7, 11) is 0. The number of fused-ring (bicyclic) bond motifs is 1. The fraction of sp³-hybridized carbons (Fsp3) is 0.143. The van der Waals surface area contributed by atoms with Gasteiger partial charge < -0.3 is 5.32 Å². The summed E-state index contributed by atoms with van der Waals surface area (Å²) in [6.07, 6.45) is 1.84. The van der Waals surface area contributed by atoms with Crippen molar-refractivity contribution in [1.29, 1.82) is 0 Å². The molecule has 0 atom stereocenters. The molecule has 0 amide bonds. The maximum Gasteiger partial charge on any atom is 0.160 e. The minimum absolute atomic E-state index is 0.0290. The van der Waals surface area contributed by atoms with Crippen molar-refractivity contribution >= 4 is 5.65 Å². The number of halogens is 2.